The third-order valence-electron chi connectivity index (χ3n) is 6.61. The summed E-state index contributed by atoms with van der Waals surface area (Å²) >= 11 is 1.49. The second-order valence-corrected chi connectivity index (χ2v) is 10.2. The van der Waals surface area contributed by atoms with E-state index >= 15 is 0 Å². The molecule has 3 aliphatic carbocycles. The first kappa shape index (κ1) is 19.4. The third-order valence-corrected chi connectivity index (χ3v) is 7.81. The summed E-state index contributed by atoms with van der Waals surface area (Å²) < 4.78 is 13.8. The molecular formula is C23H22FN3O2S. The van der Waals surface area contributed by atoms with Gasteiger partial charge in [-0.1, -0.05) is 24.3 Å². The van der Waals surface area contributed by atoms with Crippen LogP contribution in [-0.2, 0) is 24.2 Å². The van der Waals surface area contributed by atoms with Crippen LogP contribution in [0.15, 0.2) is 24.3 Å². The molecule has 30 heavy (non-hydrogen) atoms. The summed E-state index contributed by atoms with van der Waals surface area (Å²) in [7, 11) is 0. The minimum atomic E-state index is -0.883. The van der Waals surface area contributed by atoms with Gasteiger partial charge >= 0.3 is 0 Å². The molecule has 6 rings (SSSR count). The van der Waals surface area contributed by atoms with E-state index in [-0.39, 0.29) is 17.7 Å². The molecule has 1 N–H and O–H groups in total. The first-order chi connectivity index (χ1) is 14.4. The number of nitriles is 1. The Kier molecular flexibility index (Phi) is 4.53. The molecule has 0 saturated heterocycles. The highest BCUT2D eigenvalue weighted by atomic mass is 32.1. The van der Waals surface area contributed by atoms with Gasteiger partial charge in [-0.2, -0.15) is 5.26 Å². The van der Waals surface area contributed by atoms with Crippen molar-refractivity contribution in [2.45, 2.75) is 44.3 Å². The van der Waals surface area contributed by atoms with E-state index in [0.29, 0.717) is 41.9 Å². The number of alkyl halides is 1. The summed E-state index contributed by atoms with van der Waals surface area (Å²) in [5.74, 6) is -0.178. The molecule has 2 aromatic rings. The van der Waals surface area contributed by atoms with E-state index in [0.717, 1.165) is 41.8 Å². The molecule has 0 unspecified atom stereocenters. The van der Waals surface area contributed by atoms with Crippen molar-refractivity contribution in [1.29, 1.82) is 5.26 Å². The molecule has 1 aromatic heterocycles. The molecule has 0 spiro atoms. The minimum Gasteiger partial charge on any atom is -0.316 e. The van der Waals surface area contributed by atoms with Crippen LogP contribution in [0.2, 0.25) is 0 Å². The van der Waals surface area contributed by atoms with Gasteiger partial charge in [0.05, 0.1) is 12.0 Å². The van der Waals surface area contributed by atoms with Crippen molar-refractivity contribution in [3.05, 3.63) is 51.4 Å². The lowest BCUT2D eigenvalue weighted by Crippen LogP contribution is -2.68. The van der Waals surface area contributed by atoms with E-state index < -0.39 is 5.67 Å². The van der Waals surface area contributed by atoms with E-state index in [1.165, 1.54) is 11.3 Å². The van der Waals surface area contributed by atoms with E-state index in [1.54, 1.807) is 24.3 Å². The predicted molar refractivity (Wildman–Crippen MR) is 112 cm³/mol. The van der Waals surface area contributed by atoms with Crippen LogP contribution >= 0.6 is 11.3 Å². The average Bonchev–Trinajstić information content (AvgIpc) is 3.02. The van der Waals surface area contributed by atoms with Crippen LogP contribution in [0.1, 0.15) is 51.2 Å². The number of nitrogens with zero attached hydrogens (tertiary/aromatic N) is 2. The maximum absolute atomic E-state index is 13.8. The zero-order valence-electron chi connectivity index (χ0n) is 16.5. The number of aldehydes is 1. The quantitative estimate of drug-likeness (QED) is 0.716. The van der Waals surface area contributed by atoms with Crippen LogP contribution in [-0.4, -0.2) is 35.9 Å². The van der Waals surface area contributed by atoms with Crippen LogP contribution in [0.4, 0.5) is 9.39 Å². The Morgan fingerprint density at radius 3 is 2.67 bits per heavy atom. The Morgan fingerprint density at radius 1 is 1.30 bits per heavy atom. The van der Waals surface area contributed by atoms with Crippen molar-refractivity contribution in [1.82, 2.24) is 4.90 Å². The highest BCUT2D eigenvalue weighted by Crippen LogP contribution is 2.69. The molecule has 0 radical (unpaired) electrons. The SMILES string of the molecule is N#Cc1c(NC(=O)Cc2ccc(C=O)cc2)sc2c1CN(CC13CC(F)(C1)C3)CC2. The summed E-state index contributed by atoms with van der Waals surface area (Å²) in [5, 5.41) is 13.3. The zero-order chi connectivity index (χ0) is 20.9. The lowest BCUT2D eigenvalue weighted by molar-refractivity contribution is -0.222. The van der Waals surface area contributed by atoms with Gasteiger partial charge in [-0.15, -0.1) is 11.3 Å². The Balaban J connectivity index is 1.26. The molecule has 2 bridgehead atoms. The van der Waals surface area contributed by atoms with Gasteiger partial charge in [-0.25, -0.2) is 4.39 Å². The molecule has 1 aromatic carbocycles. The number of carbonyl (C=O) groups excluding carboxylic acids is 2. The van der Waals surface area contributed by atoms with Crippen molar-refractivity contribution in [2.24, 2.45) is 5.41 Å². The van der Waals surface area contributed by atoms with E-state index in [4.69, 9.17) is 0 Å². The van der Waals surface area contributed by atoms with Crippen LogP contribution in [0, 0.1) is 16.7 Å². The second-order valence-electron chi connectivity index (χ2n) is 9.05. The lowest BCUT2D eigenvalue weighted by Gasteiger charge is -2.67. The standard InChI is InChI=1S/C23H22FN3O2S/c24-23-11-22(12-23,13-23)14-27-6-5-19-18(9-27)17(8-25)21(30-19)26-20(29)7-15-1-3-16(10-28)4-2-15/h1-4,10H,5-7,9,11-14H2,(H,26,29). The number of carbonyl (C=O) groups is 2. The number of amides is 1. The Hall–Kier alpha value is -2.56. The highest BCUT2D eigenvalue weighted by Gasteiger charge is 2.69. The van der Waals surface area contributed by atoms with Gasteiger partial charge in [-0.3, -0.25) is 14.5 Å². The molecule has 154 valence electrons. The van der Waals surface area contributed by atoms with Gasteiger partial charge in [0.1, 0.15) is 23.0 Å². The average molecular weight is 424 g/mol. The Bertz CT molecular complexity index is 1050. The van der Waals surface area contributed by atoms with Crippen LogP contribution in [0.3, 0.4) is 0 Å². The largest absolute Gasteiger partial charge is 0.316 e. The number of fused-ring (bicyclic) bond motifs is 1. The molecule has 1 amide bonds. The van der Waals surface area contributed by atoms with E-state index in [9.17, 15) is 19.2 Å². The number of thiophene rings is 1. The molecule has 1 aliphatic heterocycles. The summed E-state index contributed by atoms with van der Waals surface area (Å²) in [4.78, 5) is 26.8. The number of hydrogen-bond donors (Lipinski definition) is 1. The minimum absolute atomic E-state index is 0.158. The van der Waals surface area contributed by atoms with Crippen molar-refractivity contribution in [3.8, 4) is 6.07 Å². The third kappa shape index (κ3) is 3.34. The Labute approximate surface area is 178 Å². The maximum atomic E-state index is 13.8. The van der Waals surface area contributed by atoms with Gasteiger partial charge in [-0.05, 0) is 36.7 Å². The van der Waals surface area contributed by atoms with Crippen LogP contribution in [0.5, 0.6) is 0 Å². The first-order valence-electron chi connectivity index (χ1n) is 10.2. The predicted octanol–water partition coefficient (Wildman–Crippen LogP) is 3.86. The summed E-state index contributed by atoms with van der Waals surface area (Å²) in [6.45, 7) is 2.51. The number of nitrogens with one attached hydrogen (secondary N) is 1. The van der Waals surface area contributed by atoms with Crippen molar-refractivity contribution in [2.75, 3.05) is 18.4 Å². The fourth-order valence-electron chi connectivity index (χ4n) is 5.36. The van der Waals surface area contributed by atoms with Gasteiger partial charge in [0, 0.05) is 35.6 Å². The second kappa shape index (κ2) is 7.00. The summed E-state index contributed by atoms with van der Waals surface area (Å²) in [6.07, 6.45) is 3.88. The molecule has 3 fully saturated rings. The topological polar surface area (TPSA) is 73.2 Å². The number of rotatable bonds is 6. The summed E-state index contributed by atoms with van der Waals surface area (Å²) in [5.41, 5.74) is 2.23. The van der Waals surface area contributed by atoms with E-state index in [2.05, 4.69) is 16.3 Å². The molecular weight excluding hydrogens is 401 g/mol. The lowest BCUT2D eigenvalue weighted by atomic mass is 9.42. The Morgan fingerprint density at radius 2 is 2.03 bits per heavy atom. The van der Waals surface area contributed by atoms with Crippen molar-refractivity contribution < 1.29 is 14.0 Å². The molecule has 5 nitrogen and oxygen atoms in total. The van der Waals surface area contributed by atoms with Gasteiger partial charge in [0.15, 0.2) is 0 Å². The zero-order valence-corrected chi connectivity index (χ0v) is 17.4. The fourth-order valence-corrected chi connectivity index (χ4v) is 6.52. The van der Waals surface area contributed by atoms with E-state index in [1.807, 2.05) is 0 Å². The molecule has 0 atom stereocenters. The number of halogens is 1. The molecule has 3 saturated carbocycles. The first-order valence-corrected chi connectivity index (χ1v) is 11.0. The highest BCUT2D eigenvalue weighted by molar-refractivity contribution is 7.16. The van der Waals surface area contributed by atoms with Gasteiger partial charge in [0.2, 0.25) is 5.91 Å². The molecule has 4 aliphatic rings. The van der Waals surface area contributed by atoms with Gasteiger partial charge in [0.25, 0.3) is 0 Å². The van der Waals surface area contributed by atoms with Crippen LogP contribution in [0.25, 0.3) is 0 Å². The fraction of sp³-hybridized carbons (Fsp3) is 0.435. The monoisotopic (exact) mass is 423 g/mol. The molecule has 2 heterocycles. The molecule has 7 heteroatoms. The number of benzene rings is 1. The van der Waals surface area contributed by atoms with Crippen LogP contribution < -0.4 is 5.32 Å². The smallest absolute Gasteiger partial charge is 0.229 e. The maximum Gasteiger partial charge on any atom is 0.229 e. The summed E-state index contributed by atoms with van der Waals surface area (Å²) in [6, 6.07) is 9.18. The van der Waals surface area contributed by atoms with Gasteiger partial charge < -0.3 is 5.32 Å². The normalized spacial score (nSPS) is 26.7. The van der Waals surface area contributed by atoms with Crippen molar-refractivity contribution in [3.63, 3.8) is 0 Å². The number of anilines is 1. The number of hydrogen-bond acceptors (Lipinski definition) is 5. The van der Waals surface area contributed by atoms with Crippen molar-refractivity contribution >= 4 is 28.5 Å².